The summed E-state index contributed by atoms with van der Waals surface area (Å²) in [7, 11) is 0. The fraction of sp³-hybridized carbons (Fsp3) is 0.500. The minimum Gasteiger partial charge on any atom is -0.493 e. The van der Waals surface area contributed by atoms with E-state index < -0.39 is 0 Å². The van der Waals surface area contributed by atoms with Crippen molar-refractivity contribution in [3.8, 4) is 5.75 Å². The highest BCUT2D eigenvalue weighted by atomic mass is 16.5. The van der Waals surface area contributed by atoms with Crippen LogP contribution in [0, 0.1) is 5.92 Å². The number of para-hydroxylation sites is 1. The van der Waals surface area contributed by atoms with E-state index in [1.54, 1.807) is 0 Å². The molecule has 0 aromatic heterocycles. The topological polar surface area (TPSA) is 84.7 Å². The Hall–Kier alpha value is -2.08. The van der Waals surface area contributed by atoms with E-state index in [4.69, 9.17) is 10.5 Å². The summed E-state index contributed by atoms with van der Waals surface area (Å²) in [4.78, 5) is 25.4. The van der Waals surface area contributed by atoms with Gasteiger partial charge < -0.3 is 15.8 Å². The summed E-state index contributed by atoms with van der Waals surface area (Å²) in [6.07, 6.45) is 1.51. The molecule has 0 saturated carbocycles. The zero-order chi connectivity index (χ0) is 15.5. The van der Waals surface area contributed by atoms with E-state index in [1.165, 1.54) is 0 Å². The molecule has 0 unspecified atom stereocenters. The fourth-order valence-corrected chi connectivity index (χ4v) is 3.14. The predicted octanol–water partition coefficient (Wildman–Crippen LogP) is 0.434. The first-order chi connectivity index (χ1) is 10.6. The molecule has 3 rings (SSSR count). The van der Waals surface area contributed by atoms with Crippen LogP contribution < -0.4 is 15.8 Å². The van der Waals surface area contributed by atoms with Crippen LogP contribution in [0.3, 0.4) is 0 Å². The highest BCUT2D eigenvalue weighted by Crippen LogP contribution is 2.31. The van der Waals surface area contributed by atoms with E-state index in [0.717, 1.165) is 30.7 Å². The van der Waals surface area contributed by atoms with Crippen LogP contribution in [-0.2, 0) is 9.59 Å². The van der Waals surface area contributed by atoms with Crippen LogP contribution in [-0.4, -0.2) is 43.0 Å². The summed E-state index contributed by atoms with van der Waals surface area (Å²) >= 11 is 0. The summed E-state index contributed by atoms with van der Waals surface area (Å²) in [5.41, 5.74) is 6.34. The van der Waals surface area contributed by atoms with Crippen molar-refractivity contribution in [3.63, 3.8) is 0 Å². The number of likely N-dealkylation sites (tertiary alicyclic amines) is 1. The van der Waals surface area contributed by atoms with Gasteiger partial charge in [-0.2, -0.15) is 0 Å². The van der Waals surface area contributed by atoms with Gasteiger partial charge in [-0.1, -0.05) is 18.2 Å². The van der Waals surface area contributed by atoms with Gasteiger partial charge in [-0.25, -0.2) is 0 Å². The molecule has 0 radical (unpaired) electrons. The molecule has 2 aliphatic rings. The number of rotatable bonds is 4. The Labute approximate surface area is 129 Å². The van der Waals surface area contributed by atoms with E-state index in [-0.39, 0.29) is 23.8 Å². The normalized spacial score (nSPS) is 24.4. The number of fused-ring (bicyclic) bond motifs is 1. The zero-order valence-corrected chi connectivity index (χ0v) is 12.5. The molecule has 6 nitrogen and oxygen atoms in total. The standard InChI is InChI=1S/C16H21N3O3/c17-16(21)11-5-7-19(9-11)10-15(20)18-13-6-8-22-14-4-2-1-3-12(13)14/h1-4,11,13H,5-10H2,(H2,17,21)(H,18,20)/t11-,13-/m1/s1. The lowest BCUT2D eigenvalue weighted by Crippen LogP contribution is -2.39. The number of nitrogens with zero attached hydrogens (tertiary/aromatic N) is 1. The molecule has 1 aromatic rings. The highest BCUT2D eigenvalue weighted by Gasteiger charge is 2.29. The number of hydrogen-bond donors (Lipinski definition) is 2. The average molecular weight is 303 g/mol. The van der Waals surface area contributed by atoms with E-state index in [2.05, 4.69) is 5.32 Å². The van der Waals surface area contributed by atoms with Crippen LogP contribution in [0.2, 0.25) is 0 Å². The third-order valence-electron chi connectivity index (χ3n) is 4.34. The molecule has 3 N–H and O–H groups in total. The molecular formula is C16H21N3O3. The predicted molar refractivity (Wildman–Crippen MR) is 81.2 cm³/mol. The van der Waals surface area contributed by atoms with Gasteiger partial charge in [0.25, 0.3) is 0 Å². The Morgan fingerprint density at radius 2 is 2.14 bits per heavy atom. The first kappa shape index (κ1) is 14.8. The van der Waals surface area contributed by atoms with Crippen LogP contribution in [0.1, 0.15) is 24.4 Å². The van der Waals surface area contributed by atoms with Crippen molar-refractivity contribution < 1.29 is 14.3 Å². The molecule has 0 aliphatic carbocycles. The van der Waals surface area contributed by atoms with Crippen molar-refractivity contribution in [2.24, 2.45) is 11.7 Å². The number of amides is 2. The number of carbonyl (C=O) groups excluding carboxylic acids is 2. The maximum absolute atomic E-state index is 12.2. The van der Waals surface area contributed by atoms with Crippen molar-refractivity contribution in [1.29, 1.82) is 0 Å². The van der Waals surface area contributed by atoms with Crippen LogP contribution >= 0.6 is 0 Å². The van der Waals surface area contributed by atoms with Crippen molar-refractivity contribution in [1.82, 2.24) is 10.2 Å². The third-order valence-corrected chi connectivity index (χ3v) is 4.34. The molecule has 1 aromatic carbocycles. The maximum atomic E-state index is 12.2. The molecular weight excluding hydrogens is 282 g/mol. The quantitative estimate of drug-likeness (QED) is 0.845. The van der Waals surface area contributed by atoms with Gasteiger partial charge in [0.15, 0.2) is 0 Å². The zero-order valence-electron chi connectivity index (χ0n) is 12.5. The number of benzene rings is 1. The summed E-state index contributed by atoms with van der Waals surface area (Å²) in [5.74, 6) is 0.415. The minimum atomic E-state index is -0.277. The van der Waals surface area contributed by atoms with Gasteiger partial charge in [0.1, 0.15) is 5.75 Å². The molecule has 118 valence electrons. The van der Waals surface area contributed by atoms with Gasteiger partial charge in [0.2, 0.25) is 11.8 Å². The third kappa shape index (κ3) is 3.22. The lowest BCUT2D eigenvalue weighted by molar-refractivity contribution is -0.124. The summed E-state index contributed by atoms with van der Waals surface area (Å²) in [6, 6.07) is 7.78. The van der Waals surface area contributed by atoms with E-state index >= 15 is 0 Å². The monoisotopic (exact) mass is 303 g/mol. The maximum Gasteiger partial charge on any atom is 0.234 e. The Balaban J connectivity index is 1.56. The highest BCUT2D eigenvalue weighted by molar-refractivity contribution is 5.80. The molecule has 0 spiro atoms. The number of hydrogen-bond acceptors (Lipinski definition) is 4. The Kier molecular flexibility index (Phi) is 4.29. The molecule has 2 aliphatic heterocycles. The second-order valence-electron chi connectivity index (χ2n) is 5.92. The molecule has 2 atom stereocenters. The number of nitrogens with two attached hydrogens (primary N) is 1. The summed E-state index contributed by atoms with van der Waals surface area (Å²) < 4.78 is 5.60. The molecule has 0 bridgehead atoms. The Morgan fingerprint density at radius 1 is 1.32 bits per heavy atom. The second-order valence-corrected chi connectivity index (χ2v) is 5.92. The number of primary amides is 1. The molecule has 1 saturated heterocycles. The van der Waals surface area contributed by atoms with Crippen LogP contribution in [0.4, 0.5) is 0 Å². The minimum absolute atomic E-state index is 0.00742. The fourth-order valence-electron chi connectivity index (χ4n) is 3.14. The van der Waals surface area contributed by atoms with E-state index in [0.29, 0.717) is 19.7 Å². The average Bonchev–Trinajstić information content (AvgIpc) is 2.96. The lowest BCUT2D eigenvalue weighted by Gasteiger charge is -2.27. The summed E-state index contributed by atoms with van der Waals surface area (Å²) in [6.45, 7) is 2.23. The van der Waals surface area contributed by atoms with Gasteiger partial charge in [-0.3, -0.25) is 14.5 Å². The van der Waals surface area contributed by atoms with Crippen LogP contribution in [0.25, 0.3) is 0 Å². The van der Waals surface area contributed by atoms with Crippen molar-refractivity contribution >= 4 is 11.8 Å². The van der Waals surface area contributed by atoms with Gasteiger partial charge in [0.05, 0.1) is 25.1 Å². The summed E-state index contributed by atoms with van der Waals surface area (Å²) in [5, 5.41) is 3.07. The molecule has 22 heavy (non-hydrogen) atoms. The van der Waals surface area contributed by atoms with Gasteiger partial charge in [-0.15, -0.1) is 0 Å². The van der Waals surface area contributed by atoms with Crippen LogP contribution in [0.5, 0.6) is 5.75 Å². The van der Waals surface area contributed by atoms with Crippen molar-refractivity contribution in [3.05, 3.63) is 29.8 Å². The van der Waals surface area contributed by atoms with Crippen molar-refractivity contribution in [2.45, 2.75) is 18.9 Å². The second kappa shape index (κ2) is 6.36. The molecule has 2 heterocycles. The van der Waals surface area contributed by atoms with Crippen molar-refractivity contribution in [2.75, 3.05) is 26.2 Å². The number of nitrogens with one attached hydrogen (secondary N) is 1. The van der Waals surface area contributed by atoms with E-state index in [1.807, 2.05) is 29.2 Å². The smallest absolute Gasteiger partial charge is 0.234 e. The largest absolute Gasteiger partial charge is 0.493 e. The number of carbonyl (C=O) groups is 2. The van der Waals surface area contributed by atoms with E-state index in [9.17, 15) is 9.59 Å². The Morgan fingerprint density at radius 3 is 2.91 bits per heavy atom. The number of ether oxygens (including phenoxy) is 1. The molecule has 6 heteroatoms. The van der Waals surface area contributed by atoms with Gasteiger partial charge in [-0.05, 0) is 19.0 Å². The van der Waals surface area contributed by atoms with Gasteiger partial charge >= 0.3 is 0 Å². The van der Waals surface area contributed by atoms with Crippen LogP contribution in [0.15, 0.2) is 24.3 Å². The Bertz CT molecular complexity index is 576. The lowest BCUT2D eigenvalue weighted by atomic mass is 10.0. The first-order valence-electron chi connectivity index (χ1n) is 7.66. The van der Waals surface area contributed by atoms with Gasteiger partial charge in [0, 0.05) is 18.5 Å². The SMILES string of the molecule is NC(=O)[C@@H]1CCN(CC(=O)N[C@@H]2CCOc3ccccc32)C1. The molecule has 1 fully saturated rings. The molecule has 2 amide bonds. The first-order valence-corrected chi connectivity index (χ1v) is 7.66.